The molecule has 0 atom stereocenters. The first-order chi connectivity index (χ1) is 7.56. The van der Waals surface area contributed by atoms with Crippen LogP contribution in [0.2, 0.25) is 0 Å². The molecule has 0 unspecified atom stereocenters. The van der Waals surface area contributed by atoms with Crippen LogP contribution in [-0.2, 0) is 7.05 Å². The number of nitrogens with zero attached hydrogens (tertiary/aromatic N) is 3. The van der Waals surface area contributed by atoms with Gasteiger partial charge in [0.25, 0.3) is 0 Å². The van der Waals surface area contributed by atoms with Gasteiger partial charge in [0, 0.05) is 18.9 Å². The summed E-state index contributed by atoms with van der Waals surface area (Å²) < 4.78 is 2.36. The fraction of sp³-hybridized carbons (Fsp3) is 0.364. The monoisotopic (exact) mass is 234 g/mol. The van der Waals surface area contributed by atoms with Crippen LogP contribution in [0.4, 0.5) is 0 Å². The Morgan fingerprint density at radius 2 is 2.19 bits per heavy atom. The summed E-state index contributed by atoms with van der Waals surface area (Å²) in [6.07, 6.45) is 3.69. The molecule has 0 saturated heterocycles. The summed E-state index contributed by atoms with van der Waals surface area (Å²) in [5.74, 6) is 1.18. The normalized spacial score (nSPS) is 11.0. The Hall–Kier alpha value is -1.49. The third-order valence-corrected chi connectivity index (χ3v) is 2.57. The lowest BCUT2D eigenvalue weighted by Crippen LogP contribution is -1.97. The highest BCUT2D eigenvalue weighted by atomic mass is 32.1. The number of nitrogens with one attached hydrogen (secondary N) is 1. The van der Waals surface area contributed by atoms with Gasteiger partial charge in [0.15, 0.2) is 0 Å². The topological polar surface area (TPSA) is 46.5 Å². The van der Waals surface area contributed by atoms with Crippen molar-refractivity contribution in [2.24, 2.45) is 7.05 Å². The number of H-pyrrole nitrogens is 1. The number of aromatic amines is 1. The zero-order valence-corrected chi connectivity index (χ0v) is 10.4. The van der Waals surface area contributed by atoms with Crippen molar-refractivity contribution in [1.29, 1.82) is 0 Å². The van der Waals surface area contributed by atoms with Crippen molar-refractivity contribution in [3.63, 3.8) is 0 Å². The molecular weight excluding hydrogens is 220 g/mol. The van der Waals surface area contributed by atoms with E-state index in [-0.39, 0.29) is 0 Å². The van der Waals surface area contributed by atoms with Crippen molar-refractivity contribution >= 4 is 12.2 Å². The molecule has 84 valence electrons. The average Bonchev–Trinajstić information content (AvgIpc) is 2.64. The first kappa shape index (κ1) is 11.0. The van der Waals surface area contributed by atoms with Crippen LogP contribution < -0.4 is 0 Å². The molecule has 0 aromatic carbocycles. The summed E-state index contributed by atoms with van der Waals surface area (Å²) in [5, 5.41) is 4.12. The molecule has 0 saturated carbocycles. The Balaban J connectivity index is 2.53. The molecule has 2 aromatic heterocycles. The first-order valence-corrected chi connectivity index (χ1v) is 5.57. The Labute approximate surface area is 99.4 Å². The average molecular weight is 234 g/mol. The van der Waals surface area contributed by atoms with E-state index in [0.29, 0.717) is 10.6 Å². The molecule has 16 heavy (non-hydrogen) atoms. The van der Waals surface area contributed by atoms with Gasteiger partial charge in [-0.1, -0.05) is 26.1 Å². The van der Waals surface area contributed by atoms with E-state index in [1.165, 1.54) is 0 Å². The van der Waals surface area contributed by atoms with E-state index in [0.717, 1.165) is 17.1 Å². The zero-order chi connectivity index (χ0) is 11.7. The Kier molecular flexibility index (Phi) is 2.87. The quantitative estimate of drug-likeness (QED) is 0.813. The molecule has 2 aromatic rings. The number of aryl methyl sites for hydroxylation is 1. The molecule has 2 heterocycles. The Morgan fingerprint density at radius 1 is 1.44 bits per heavy atom. The van der Waals surface area contributed by atoms with Crippen LogP contribution in [0.25, 0.3) is 11.4 Å². The summed E-state index contributed by atoms with van der Waals surface area (Å²) >= 11 is 5.15. The van der Waals surface area contributed by atoms with Crippen molar-refractivity contribution in [2.45, 2.75) is 19.8 Å². The van der Waals surface area contributed by atoms with Crippen LogP contribution in [0, 0.1) is 4.64 Å². The summed E-state index contributed by atoms with van der Waals surface area (Å²) in [6.45, 7) is 4.24. The van der Waals surface area contributed by atoms with Gasteiger partial charge in [-0.15, -0.1) is 0 Å². The van der Waals surface area contributed by atoms with Crippen molar-refractivity contribution in [2.75, 3.05) is 0 Å². The lowest BCUT2D eigenvalue weighted by molar-refractivity contribution is 0.767. The van der Waals surface area contributed by atoms with Crippen LogP contribution in [0.1, 0.15) is 25.5 Å². The molecule has 2 rings (SSSR count). The van der Waals surface area contributed by atoms with Crippen LogP contribution >= 0.6 is 12.2 Å². The second-order valence-electron chi connectivity index (χ2n) is 4.08. The van der Waals surface area contributed by atoms with E-state index in [4.69, 9.17) is 12.2 Å². The minimum Gasteiger partial charge on any atom is -0.343 e. The molecule has 0 spiro atoms. The van der Waals surface area contributed by atoms with E-state index in [9.17, 15) is 0 Å². The number of hydrogen-bond acceptors (Lipinski definition) is 3. The Bertz CT molecular complexity index is 553. The summed E-state index contributed by atoms with van der Waals surface area (Å²) in [7, 11) is 1.88. The number of aromatic nitrogens is 4. The smallest absolute Gasteiger partial charge is 0.142 e. The lowest BCUT2D eigenvalue weighted by atomic mass is 10.1. The number of hydrogen-bond donors (Lipinski definition) is 1. The fourth-order valence-electron chi connectivity index (χ4n) is 1.47. The predicted octanol–water partition coefficient (Wildman–Crippen LogP) is 2.66. The molecule has 0 amide bonds. The maximum absolute atomic E-state index is 5.15. The van der Waals surface area contributed by atoms with Gasteiger partial charge in [0.1, 0.15) is 10.5 Å². The van der Waals surface area contributed by atoms with Crippen LogP contribution in [0.15, 0.2) is 18.5 Å². The Morgan fingerprint density at radius 3 is 2.75 bits per heavy atom. The van der Waals surface area contributed by atoms with E-state index in [2.05, 4.69) is 28.9 Å². The van der Waals surface area contributed by atoms with Crippen LogP contribution in [0.3, 0.4) is 0 Å². The lowest BCUT2D eigenvalue weighted by Gasteiger charge is -2.07. The highest BCUT2D eigenvalue weighted by molar-refractivity contribution is 7.71. The molecule has 1 N–H and O–H groups in total. The minimum atomic E-state index is 0.403. The summed E-state index contributed by atoms with van der Waals surface area (Å²) in [4.78, 5) is 7.59. The van der Waals surface area contributed by atoms with E-state index < -0.39 is 0 Å². The van der Waals surface area contributed by atoms with Gasteiger partial charge in [-0.2, -0.15) is 5.10 Å². The summed E-state index contributed by atoms with van der Waals surface area (Å²) in [5.41, 5.74) is 2.05. The van der Waals surface area contributed by atoms with Crippen LogP contribution in [0.5, 0.6) is 0 Å². The van der Waals surface area contributed by atoms with E-state index in [1.54, 1.807) is 10.9 Å². The molecule has 4 nitrogen and oxygen atoms in total. The largest absolute Gasteiger partial charge is 0.343 e. The molecule has 0 radical (unpaired) electrons. The third-order valence-electron chi connectivity index (χ3n) is 2.36. The second-order valence-corrected chi connectivity index (χ2v) is 4.50. The maximum atomic E-state index is 5.15. The van der Waals surface area contributed by atoms with Crippen molar-refractivity contribution in [1.82, 2.24) is 19.7 Å². The van der Waals surface area contributed by atoms with Crippen molar-refractivity contribution in [3.05, 3.63) is 28.8 Å². The molecule has 0 bridgehead atoms. The predicted molar refractivity (Wildman–Crippen MR) is 65.7 cm³/mol. The molecule has 0 aliphatic carbocycles. The fourth-order valence-corrected chi connectivity index (χ4v) is 1.69. The third kappa shape index (κ3) is 2.19. The zero-order valence-electron chi connectivity index (χ0n) is 9.56. The standard InChI is InChI=1S/C11H14N4S/c1-7(2)9-4-10(16)14-11(13-9)8-5-12-15(3)6-8/h4-7H,1-3H3,(H,13,14,16). The van der Waals surface area contributed by atoms with Gasteiger partial charge in [-0.05, 0) is 12.0 Å². The summed E-state index contributed by atoms with van der Waals surface area (Å²) in [6, 6.07) is 1.90. The maximum Gasteiger partial charge on any atom is 0.142 e. The number of rotatable bonds is 2. The highest BCUT2D eigenvalue weighted by Gasteiger charge is 2.06. The van der Waals surface area contributed by atoms with Gasteiger partial charge in [0.05, 0.1) is 11.8 Å². The minimum absolute atomic E-state index is 0.403. The van der Waals surface area contributed by atoms with Crippen molar-refractivity contribution in [3.8, 4) is 11.4 Å². The van der Waals surface area contributed by atoms with Gasteiger partial charge < -0.3 is 4.98 Å². The molecule has 0 aliphatic heterocycles. The molecule has 0 aliphatic rings. The van der Waals surface area contributed by atoms with Gasteiger partial charge in [-0.25, -0.2) is 4.98 Å². The van der Waals surface area contributed by atoms with Gasteiger partial charge in [-0.3, -0.25) is 4.68 Å². The first-order valence-electron chi connectivity index (χ1n) is 5.16. The van der Waals surface area contributed by atoms with Crippen molar-refractivity contribution < 1.29 is 0 Å². The second kappa shape index (κ2) is 4.17. The SMILES string of the molecule is CC(C)c1cc(=S)nc(-c2cnn(C)c2)[nH]1. The van der Waals surface area contributed by atoms with E-state index in [1.807, 2.05) is 19.3 Å². The molecular formula is C11H14N4S. The van der Waals surface area contributed by atoms with Gasteiger partial charge >= 0.3 is 0 Å². The van der Waals surface area contributed by atoms with Gasteiger partial charge in [0.2, 0.25) is 0 Å². The van der Waals surface area contributed by atoms with E-state index >= 15 is 0 Å². The molecule has 0 fully saturated rings. The molecule has 5 heteroatoms. The van der Waals surface area contributed by atoms with Crippen LogP contribution in [-0.4, -0.2) is 19.7 Å². The highest BCUT2D eigenvalue weighted by Crippen LogP contribution is 2.17.